The summed E-state index contributed by atoms with van der Waals surface area (Å²) < 4.78 is 0. The lowest BCUT2D eigenvalue weighted by atomic mass is 10.1. The summed E-state index contributed by atoms with van der Waals surface area (Å²) >= 11 is 5.89. The van der Waals surface area contributed by atoms with Crippen LogP contribution in [0.1, 0.15) is 13.8 Å². The highest BCUT2D eigenvalue weighted by molar-refractivity contribution is 6.34. The number of hydrogen-bond donors (Lipinski definition) is 2. The Morgan fingerprint density at radius 3 is 2.74 bits per heavy atom. The molecule has 0 aromatic heterocycles. The van der Waals surface area contributed by atoms with Crippen molar-refractivity contribution in [3.05, 3.63) is 33.3 Å². The van der Waals surface area contributed by atoms with Gasteiger partial charge in [0.25, 0.3) is 5.69 Å². The number of benzene rings is 1. The number of carbonyl (C=O) groups is 1. The molecule has 19 heavy (non-hydrogen) atoms. The Hall–Kier alpha value is -1.66. The van der Waals surface area contributed by atoms with E-state index in [2.05, 4.69) is 10.6 Å². The van der Waals surface area contributed by atoms with Gasteiger partial charge in [0.2, 0.25) is 5.91 Å². The maximum Gasteiger partial charge on any atom is 0.271 e. The molecular formula is C12H16ClN3O3. The summed E-state index contributed by atoms with van der Waals surface area (Å²) in [7, 11) is 0. The van der Waals surface area contributed by atoms with Crippen LogP contribution in [0.5, 0.6) is 0 Å². The monoisotopic (exact) mass is 285 g/mol. The van der Waals surface area contributed by atoms with Crippen molar-refractivity contribution in [1.29, 1.82) is 0 Å². The van der Waals surface area contributed by atoms with Crippen LogP contribution in [0.25, 0.3) is 0 Å². The van der Waals surface area contributed by atoms with Crippen molar-refractivity contribution in [2.24, 2.45) is 5.92 Å². The molecule has 1 rings (SSSR count). The summed E-state index contributed by atoms with van der Waals surface area (Å²) in [4.78, 5) is 21.9. The van der Waals surface area contributed by atoms with Gasteiger partial charge in [-0.3, -0.25) is 14.9 Å². The number of amides is 1. The van der Waals surface area contributed by atoms with Crippen molar-refractivity contribution in [1.82, 2.24) is 5.32 Å². The van der Waals surface area contributed by atoms with Crippen LogP contribution in [0.2, 0.25) is 5.02 Å². The van der Waals surface area contributed by atoms with Crippen molar-refractivity contribution in [2.45, 2.75) is 13.8 Å². The van der Waals surface area contributed by atoms with E-state index in [1.54, 1.807) is 6.92 Å². The number of nitro benzene ring substituents is 1. The lowest BCUT2D eigenvalue weighted by Crippen LogP contribution is -2.30. The Bertz CT molecular complexity index is 479. The lowest BCUT2D eigenvalue weighted by molar-refractivity contribution is -0.384. The van der Waals surface area contributed by atoms with Crippen LogP contribution in [-0.2, 0) is 4.79 Å². The number of non-ortho nitro benzene ring substituents is 1. The highest BCUT2D eigenvalue weighted by atomic mass is 35.5. The molecule has 1 unspecified atom stereocenters. The first-order chi connectivity index (χ1) is 8.95. The number of carbonyl (C=O) groups excluding carboxylic acids is 1. The predicted molar refractivity (Wildman–Crippen MR) is 74.4 cm³/mol. The molecule has 0 bridgehead atoms. The fraction of sp³-hybridized carbons (Fsp3) is 0.417. The van der Waals surface area contributed by atoms with Gasteiger partial charge in [0.1, 0.15) is 0 Å². The zero-order chi connectivity index (χ0) is 14.4. The summed E-state index contributed by atoms with van der Waals surface area (Å²) in [6, 6.07) is 3.95. The molecule has 0 aliphatic rings. The van der Waals surface area contributed by atoms with Gasteiger partial charge in [-0.1, -0.05) is 25.4 Å². The van der Waals surface area contributed by atoms with Crippen molar-refractivity contribution >= 4 is 28.9 Å². The van der Waals surface area contributed by atoms with Gasteiger partial charge in [0, 0.05) is 24.6 Å². The maximum atomic E-state index is 11.8. The molecule has 0 aliphatic carbocycles. The Kier molecular flexibility index (Phi) is 5.72. The Morgan fingerprint density at radius 1 is 1.53 bits per heavy atom. The zero-order valence-electron chi connectivity index (χ0n) is 10.8. The van der Waals surface area contributed by atoms with Gasteiger partial charge in [0.05, 0.1) is 15.6 Å². The topological polar surface area (TPSA) is 84.3 Å². The standard InChI is InChI=1S/C12H16ClN3O3/c1-3-14-7-8(2)12(17)15-11-5-4-9(16(18)19)6-10(11)13/h4-6,8,14H,3,7H2,1-2H3,(H,15,17). The molecule has 0 spiro atoms. The molecule has 0 saturated carbocycles. The van der Waals surface area contributed by atoms with E-state index in [9.17, 15) is 14.9 Å². The minimum atomic E-state index is -0.536. The second-order valence-electron chi connectivity index (χ2n) is 4.12. The molecule has 0 heterocycles. The van der Waals surface area contributed by atoms with Gasteiger partial charge in [-0.05, 0) is 12.6 Å². The number of halogens is 1. The lowest BCUT2D eigenvalue weighted by Gasteiger charge is -2.13. The van der Waals surface area contributed by atoms with Gasteiger partial charge in [-0.25, -0.2) is 0 Å². The molecule has 0 fully saturated rings. The zero-order valence-corrected chi connectivity index (χ0v) is 11.5. The fourth-order valence-corrected chi connectivity index (χ4v) is 1.65. The van der Waals surface area contributed by atoms with E-state index in [-0.39, 0.29) is 22.5 Å². The summed E-state index contributed by atoms with van der Waals surface area (Å²) in [5.41, 5.74) is 0.268. The third-order valence-corrected chi connectivity index (χ3v) is 2.88. The van der Waals surface area contributed by atoms with Gasteiger partial charge < -0.3 is 10.6 Å². The number of anilines is 1. The van der Waals surface area contributed by atoms with Gasteiger partial charge in [0.15, 0.2) is 0 Å². The van der Waals surface area contributed by atoms with Crippen LogP contribution in [-0.4, -0.2) is 23.9 Å². The first-order valence-electron chi connectivity index (χ1n) is 5.91. The van der Waals surface area contributed by atoms with Gasteiger partial charge >= 0.3 is 0 Å². The Balaban J connectivity index is 2.72. The summed E-state index contributed by atoms with van der Waals surface area (Å²) in [6.45, 7) is 5.10. The smallest absolute Gasteiger partial charge is 0.271 e. The highest BCUT2D eigenvalue weighted by Gasteiger charge is 2.15. The minimum Gasteiger partial charge on any atom is -0.324 e. The van der Waals surface area contributed by atoms with Crippen molar-refractivity contribution in [2.75, 3.05) is 18.4 Å². The van der Waals surface area contributed by atoms with E-state index in [1.807, 2.05) is 6.92 Å². The molecule has 1 aromatic rings. The van der Waals surface area contributed by atoms with E-state index < -0.39 is 4.92 Å². The molecule has 0 radical (unpaired) electrons. The van der Waals surface area contributed by atoms with Gasteiger partial charge in [-0.2, -0.15) is 0 Å². The number of rotatable bonds is 6. The SMILES string of the molecule is CCNCC(C)C(=O)Nc1ccc([N+](=O)[O-])cc1Cl. The van der Waals surface area contributed by atoms with E-state index in [0.717, 1.165) is 6.54 Å². The number of nitrogens with one attached hydrogen (secondary N) is 2. The fourth-order valence-electron chi connectivity index (χ4n) is 1.43. The molecule has 7 heteroatoms. The Morgan fingerprint density at radius 2 is 2.21 bits per heavy atom. The number of nitro groups is 1. The molecule has 2 N–H and O–H groups in total. The molecule has 0 aliphatic heterocycles. The molecule has 104 valence electrons. The average Bonchev–Trinajstić information content (AvgIpc) is 2.37. The number of nitrogens with zero attached hydrogens (tertiary/aromatic N) is 1. The minimum absolute atomic E-state index is 0.108. The first-order valence-corrected chi connectivity index (χ1v) is 6.29. The second kappa shape index (κ2) is 7.06. The normalized spacial score (nSPS) is 11.9. The molecule has 1 atom stereocenters. The largest absolute Gasteiger partial charge is 0.324 e. The van der Waals surface area contributed by atoms with Crippen molar-refractivity contribution in [3.63, 3.8) is 0 Å². The summed E-state index contributed by atoms with van der Waals surface area (Å²) in [6.07, 6.45) is 0. The van der Waals surface area contributed by atoms with Crippen LogP contribution in [0, 0.1) is 16.0 Å². The van der Waals surface area contributed by atoms with E-state index >= 15 is 0 Å². The highest BCUT2D eigenvalue weighted by Crippen LogP contribution is 2.26. The maximum absolute atomic E-state index is 11.8. The summed E-state index contributed by atoms with van der Waals surface area (Å²) in [5.74, 6) is -0.400. The molecule has 6 nitrogen and oxygen atoms in total. The molecular weight excluding hydrogens is 270 g/mol. The first kappa shape index (κ1) is 15.4. The third kappa shape index (κ3) is 4.50. The second-order valence-corrected chi connectivity index (χ2v) is 4.53. The van der Waals surface area contributed by atoms with E-state index in [0.29, 0.717) is 12.2 Å². The predicted octanol–water partition coefficient (Wildman–Crippen LogP) is 2.43. The van der Waals surface area contributed by atoms with E-state index in [4.69, 9.17) is 11.6 Å². The van der Waals surface area contributed by atoms with Crippen molar-refractivity contribution in [3.8, 4) is 0 Å². The molecule has 0 saturated heterocycles. The summed E-state index contributed by atoms with van der Waals surface area (Å²) in [5, 5.41) is 16.4. The Labute approximate surface area is 116 Å². The average molecular weight is 286 g/mol. The third-order valence-electron chi connectivity index (χ3n) is 2.57. The van der Waals surface area contributed by atoms with Crippen molar-refractivity contribution < 1.29 is 9.72 Å². The van der Waals surface area contributed by atoms with Crippen LogP contribution in [0.4, 0.5) is 11.4 Å². The number of hydrogen-bond acceptors (Lipinski definition) is 4. The van der Waals surface area contributed by atoms with Crippen LogP contribution < -0.4 is 10.6 Å². The van der Waals surface area contributed by atoms with E-state index in [1.165, 1.54) is 18.2 Å². The van der Waals surface area contributed by atoms with Crippen LogP contribution in [0.15, 0.2) is 18.2 Å². The van der Waals surface area contributed by atoms with Crippen LogP contribution in [0.3, 0.4) is 0 Å². The molecule has 1 aromatic carbocycles. The van der Waals surface area contributed by atoms with Gasteiger partial charge in [-0.15, -0.1) is 0 Å². The van der Waals surface area contributed by atoms with Crippen LogP contribution >= 0.6 is 11.6 Å². The molecule has 1 amide bonds. The quantitative estimate of drug-likeness (QED) is 0.621.